The van der Waals surface area contributed by atoms with E-state index in [2.05, 4.69) is 26.6 Å². The summed E-state index contributed by atoms with van der Waals surface area (Å²) in [6.07, 6.45) is 1.39. The number of hydrogen-bond donors (Lipinski definition) is 2. The zero-order valence-electron chi connectivity index (χ0n) is 14.7. The van der Waals surface area contributed by atoms with E-state index in [1.54, 1.807) is 7.11 Å². The molecule has 0 heterocycles. The van der Waals surface area contributed by atoms with Crippen LogP contribution >= 0.6 is 15.9 Å². The van der Waals surface area contributed by atoms with Crippen molar-refractivity contribution in [2.45, 2.75) is 38.1 Å². The van der Waals surface area contributed by atoms with Crippen molar-refractivity contribution in [2.24, 2.45) is 0 Å². The van der Waals surface area contributed by atoms with Crippen LogP contribution in [0.5, 0.6) is 0 Å². The summed E-state index contributed by atoms with van der Waals surface area (Å²) in [5, 5.41) is 6.45. The summed E-state index contributed by atoms with van der Waals surface area (Å²) in [6, 6.07) is 16.2. The Morgan fingerprint density at radius 3 is 2.58 bits per heavy atom. The molecule has 0 radical (unpaired) electrons. The molecular weight excluding hydrogens is 396 g/mol. The lowest BCUT2D eigenvalue weighted by molar-refractivity contribution is 0.129. The molecule has 0 atom stereocenters. The number of rotatable bonds is 7. The first-order valence-electron chi connectivity index (χ1n) is 8.65. The molecule has 0 unspecified atom stereocenters. The molecule has 6 heteroatoms. The molecular formula is C20H23BrN2O3. The molecule has 0 saturated heterocycles. The highest BCUT2D eigenvalue weighted by atomic mass is 79.9. The molecule has 1 fully saturated rings. The van der Waals surface area contributed by atoms with E-state index in [9.17, 15) is 4.79 Å². The van der Waals surface area contributed by atoms with E-state index in [1.807, 2.05) is 48.5 Å². The number of ether oxygens (including phenoxy) is 2. The topological polar surface area (TPSA) is 59.6 Å². The number of anilines is 1. The van der Waals surface area contributed by atoms with Crippen LogP contribution < -0.4 is 10.6 Å². The van der Waals surface area contributed by atoms with Crippen LogP contribution in [-0.2, 0) is 22.7 Å². The SMILES string of the molecule is COCc1c(Br)cccc1NC1CC(NC(=O)OCc2ccccc2)C1. The van der Waals surface area contributed by atoms with Crippen LogP contribution in [0.1, 0.15) is 24.0 Å². The lowest BCUT2D eigenvalue weighted by atomic mass is 9.86. The molecule has 3 rings (SSSR count). The van der Waals surface area contributed by atoms with Crippen LogP contribution in [0.2, 0.25) is 0 Å². The van der Waals surface area contributed by atoms with Gasteiger partial charge in [-0.1, -0.05) is 52.3 Å². The predicted molar refractivity (Wildman–Crippen MR) is 105 cm³/mol. The number of benzene rings is 2. The number of alkyl carbamates (subject to hydrolysis) is 1. The average molecular weight is 419 g/mol. The highest BCUT2D eigenvalue weighted by molar-refractivity contribution is 9.10. The van der Waals surface area contributed by atoms with Gasteiger partial charge in [0.1, 0.15) is 6.61 Å². The summed E-state index contributed by atoms with van der Waals surface area (Å²) in [5.41, 5.74) is 3.15. The van der Waals surface area contributed by atoms with E-state index >= 15 is 0 Å². The van der Waals surface area contributed by atoms with Crippen LogP contribution in [0.25, 0.3) is 0 Å². The lowest BCUT2D eigenvalue weighted by Crippen LogP contribution is -2.49. The minimum Gasteiger partial charge on any atom is -0.445 e. The summed E-state index contributed by atoms with van der Waals surface area (Å²) >= 11 is 3.57. The van der Waals surface area contributed by atoms with Gasteiger partial charge in [-0.15, -0.1) is 0 Å². The zero-order chi connectivity index (χ0) is 18.4. The Kier molecular flexibility index (Phi) is 6.52. The largest absolute Gasteiger partial charge is 0.445 e. The first-order valence-corrected chi connectivity index (χ1v) is 9.45. The number of carbonyl (C=O) groups excluding carboxylic acids is 1. The zero-order valence-corrected chi connectivity index (χ0v) is 16.3. The molecule has 2 aromatic carbocycles. The second-order valence-corrected chi connectivity index (χ2v) is 7.27. The van der Waals surface area contributed by atoms with Gasteiger partial charge in [0.25, 0.3) is 0 Å². The Hall–Kier alpha value is -2.05. The monoisotopic (exact) mass is 418 g/mol. The van der Waals surface area contributed by atoms with Gasteiger partial charge in [0, 0.05) is 34.9 Å². The fraction of sp³-hybridized carbons (Fsp3) is 0.350. The van der Waals surface area contributed by atoms with E-state index < -0.39 is 0 Å². The van der Waals surface area contributed by atoms with Crippen molar-refractivity contribution in [1.82, 2.24) is 5.32 Å². The van der Waals surface area contributed by atoms with Crippen LogP contribution in [0.15, 0.2) is 53.0 Å². The van der Waals surface area contributed by atoms with Crippen molar-refractivity contribution < 1.29 is 14.3 Å². The highest BCUT2D eigenvalue weighted by Gasteiger charge is 2.31. The number of methoxy groups -OCH3 is 1. The molecule has 1 amide bonds. The molecule has 1 aliphatic rings. The van der Waals surface area contributed by atoms with E-state index in [-0.39, 0.29) is 12.1 Å². The van der Waals surface area contributed by atoms with Gasteiger partial charge in [0.2, 0.25) is 0 Å². The van der Waals surface area contributed by atoms with Gasteiger partial charge < -0.3 is 20.1 Å². The van der Waals surface area contributed by atoms with Crippen LogP contribution in [0.4, 0.5) is 10.5 Å². The first kappa shape index (κ1) is 18.7. The number of halogens is 1. The molecule has 2 aromatic rings. The minimum atomic E-state index is -0.361. The molecule has 1 saturated carbocycles. The Balaban J connectivity index is 1.42. The molecule has 1 aliphatic carbocycles. The maximum Gasteiger partial charge on any atom is 0.407 e. The third kappa shape index (κ3) is 4.99. The second kappa shape index (κ2) is 9.05. The molecule has 0 spiro atoms. The van der Waals surface area contributed by atoms with Crippen molar-refractivity contribution in [1.29, 1.82) is 0 Å². The number of carbonyl (C=O) groups is 1. The first-order chi connectivity index (χ1) is 12.7. The van der Waals surface area contributed by atoms with Gasteiger partial charge >= 0.3 is 6.09 Å². The van der Waals surface area contributed by atoms with E-state index in [0.29, 0.717) is 19.3 Å². The summed E-state index contributed by atoms with van der Waals surface area (Å²) in [6.45, 7) is 0.837. The predicted octanol–water partition coefficient (Wildman–Crippen LogP) is 4.46. The van der Waals surface area contributed by atoms with Gasteiger partial charge in [0.05, 0.1) is 6.61 Å². The standard InChI is InChI=1S/C20H23BrN2O3/c1-25-13-17-18(21)8-5-9-19(17)22-15-10-16(11-15)23-20(24)26-12-14-6-3-2-4-7-14/h2-9,15-16,22H,10-13H2,1H3,(H,23,24). The quantitative estimate of drug-likeness (QED) is 0.696. The molecule has 0 aliphatic heterocycles. The van der Waals surface area contributed by atoms with Crippen molar-refractivity contribution in [3.05, 3.63) is 64.1 Å². The van der Waals surface area contributed by atoms with Crippen molar-refractivity contribution in [3.63, 3.8) is 0 Å². The van der Waals surface area contributed by atoms with Crippen molar-refractivity contribution in [2.75, 3.05) is 12.4 Å². The van der Waals surface area contributed by atoms with Gasteiger partial charge in [-0.3, -0.25) is 0 Å². The third-order valence-electron chi connectivity index (χ3n) is 4.44. The fourth-order valence-corrected chi connectivity index (χ4v) is 3.47. The van der Waals surface area contributed by atoms with Gasteiger partial charge in [-0.05, 0) is 30.5 Å². The van der Waals surface area contributed by atoms with Crippen LogP contribution in [0, 0.1) is 0 Å². The summed E-state index contributed by atoms with van der Waals surface area (Å²) < 4.78 is 11.6. The Morgan fingerprint density at radius 2 is 1.85 bits per heavy atom. The smallest absolute Gasteiger partial charge is 0.407 e. The average Bonchev–Trinajstić information content (AvgIpc) is 2.62. The van der Waals surface area contributed by atoms with Gasteiger partial charge in [0.15, 0.2) is 0 Å². The van der Waals surface area contributed by atoms with Crippen LogP contribution in [-0.4, -0.2) is 25.3 Å². The summed E-state index contributed by atoms with van der Waals surface area (Å²) in [7, 11) is 1.69. The molecule has 2 N–H and O–H groups in total. The van der Waals surface area contributed by atoms with Crippen LogP contribution in [0.3, 0.4) is 0 Å². The normalized spacial score (nSPS) is 18.7. The van der Waals surface area contributed by atoms with Gasteiger partial charge in [-0.25, -0.2) is 4.79 Å². The summed E-state index contributed by atoms with van der Waals surface area (Å²) in [4.78, 5) is 11.9. The molecule has 138 valence electrons. The van der Waals surface area contributed by atoms with E-state index in [1.165, 1.54) is 0 Å². The summed E-state index contributed by atoms with van der Waals surface area (Å²) in [5.74, 6) is 0. The lowest BCUT2D eigenvalue weighted by Gasteiger charge is -2.37. The van der Waals surface area contributed by atoms with Crippen molar-refractivity contribution >= 4 is 27.7 Å². The van der Waals surface area contributed by atoms with Crippen molar-refractivity contribution in [3.8, 4) is 0 Å². The Morgan fingerprint density at radius 1 is 1.08 bits per heavy atom. The van der Waals surface area contributed by atoms with E-state index in [0.717, 1.165) is 34.1 Å². The molecule has 5 nitrogen and oxygen atoms in total. The molecule has 26 heavy (non-hydrogen) atoms. The van der Waals surface area contributed by atoms with E-state index in [4.69, 9.17) is 9.47 Å². The number of amides is 1. The maximum absolute atomic E-state index is 11.9. The number of nitrogens with one attached hydrogen (secondary N) is 2. The molecule has 0 aromatic heterocycles. The van der Waals surface area contributed by atoms with Gasteiger partial charge in [-0.2, -0.15) is 0 Å². The fourth-order valence-electron chi connectivity index (χ4n) is 2.99. The number of hydrogen-bond acceptors (Lipinski definition) is 4. The highest BCUT2D eigenvalue weighted by Crippen LogP contribution is 2.30. The second-order valence-electron chi connectivity index (χ2n) is 6.41. The Bertz CT molecular complexity index is 733. The minimum absolute atomic E-state index is 0.147. The Labute approximate surface area is 162 Å². The molecule has 0 bridgehead atoms. The third-order valence-corrected chi connectivity index (χ3v) is 5.18. The maximum atomic E-state index is 11.9.